The maximum Gasteiger partial charge on any atom is 0.248 e. The average Bonchev–Trinajstić information content (AvgIpc) is 2.73. The van der Waals surface area contributed by atoms with E-state index in [1.54, 1.807) is 7.11 Å². The van der Waals surface area contributed by atoms with Gasteiger partial charge in [-0.3, -0.25) is 9.69 Å². The molecular weight excluding hydrogens is 376 g/mol. The van der Waals surface area contributed by atoms with Crippen LogP contribution in [0, 0.1) is 6.92 Å². The molecule has 0 unspecified atom stereocenters. The van der Waals surface area contributed by atoms with E-state index in [9.17, 15) is 9.90 Å². The first-order valence-corrected chi connectivity index (χ1v) is 10.9. The van der Waals surface area contributed by atoms with Crippen LogP contribution in [0.15, 0.2) is 48.5 Å². The summed E-state index contributed by atoms with van der Waals surface area (Å²) in [4.78, 5) is 16.8. The Morgan fingerprint density at radius 2 is 1.87 bits per heavy atom. The van der Waals surface area contributed by atoms with Gasteiger partial charge < -0.3 is 14.7 Å². The van der Waals surface area contributed by atoms with Crippen LogP contribution in [0.5, 0.6) is 0 Å². The van der Waals surface area contributed by atoms with Crippen molar-refractivity contribution in [2.75, 3.05) is 40.0 Å². The van der Waals surface area contributed by atoms with Crippen molar-refractivity contribution < 1.29 is 14.6 Å². The summed E-state index contributed by atoms with van der Waals surface area (Å²) < 4.78 is 5.08. The number of aliphatic hydroxyl groups is 1. The van der Waals surface area contributed by atoms with E-state index in [1.807, 2.05) is 4.90 Å². The number of hydrogen-bond acceptors (Lipinski definition) is 4. The van der Waals surface area contributed by atoms with Gasteiger partial charge in [-0.05, 0) is 43.0 Å². The molecule has 5 nitrogen and oxygen atoms in total. The first-order valence-electron chi connectivity index (χ1n) is 10.9. The van der Waals surface area contributed by atoms with Crippen LogP contribution < -0.4 is 0 Å². The molecule has 3 atom stereocenters. The number of rotatable bonds is 5. The fourth-order valence-corrected chi connectivity index (χ4v) is 5.10. The Hall–Kier alpha value is -2.21. The smallest absolute Gasteiger partial charge is 0.248 e. The number of fused-ring (bicyclic) bond motifs is 1. The third-order valence-electron chi connectivity index (χ3n) is 6.64. The molecule has 0 radical (unpaired) electrons. The van der Waals surface area contributed by atoms with E-state index in [4.69, 9.17) is 4.74 Å². The Kier molecular flexibility index (Phi) is 6.52. The molecule has 2 aromatic rings. The van der Waals surface area contributed by atoms with Crippen molar-refractivity contribution in [2.24, 2.45) is 0 Å². The number of carbonyl (C=O) groups excluding carboxylic acids is 1. The van der Waals surface area contributed by atoms with Crippen LogP contribution in [0.4, 0.5) is 0 Å². The van der Waals surface area contributed by atoms with Gasteiger partial charge in [0.05, 0.1) is 6.61 Å². The second-order valence-electron chi connectivity index (χ2n) is 8.55. The normalized spacial score (nSPS) is 24.5. The molecule has 0 aromatic heterocycles. The van der Waals surface area contributed by atoms with Gasteiger partial charge in [0.1, 0.15) is 6.61 Å². The zero-order valence-electron chi connectivity index (χ0n) is 18.0. The minimum Gasteiger partial charge on any atom is -0.395 e. The van der Waals surface area contributed by atoms with Crippen molar-refractivity contribution in [3.8, 4) is 11.1 Å². The molecule has 4 rings (SSSR count). The minimum atomic E-state index is 0.0559. The van der Waals surface area contributed by atoms with Crippen molar-refractivity contribution >= 4 is 5.91 Å². The summed E-state index contributed by atoms with van der Waals surface area (Å²) in [5.41, 5.74) is 4.92. The third kappa shape index (κ3) is 4.15. The lowest BCUT2D eigenvalue weighted by atomic mass is 9.74. The second-order valence-corrected chi connectivity index (χ2v) is 8.55. The van der Waals surface area contributed by atoms with Gasteiger partial charge in [-0.25, -0.2) is 0 Å². The first-order chi connectivity index (χ1) is 14.6. The van der Waals surface area contributed by atoms with Crippen LogP contribution in [0.25, 0.3) is 11.1 Å². The maximum atomic E-state index is 12.5. The monoisotopic (exact) mass is 408 g/mol. The number of aliphatic hydroxyl groups excluding tert-OH is 1. The summed E-state index contributed by atoms with van der Waals surface area (Å²) >= 11 is 0. The lowest BCUT2D eigenvalue weighted by molar-refractivity contribution is -0.140. The highest BCUT2D eigenvalue weighted by molar-refractivity contribution is 5.77. The number of carbonyl (C=O) groups is 1. The molecule has 30 heavy (non-hydrogen) atoms. The molecule has 2 saturated heterocycles. The molecule has 5 heteroatoms. The van der Waals surface area contributed by atoms with E-state index in [0.717, 1.165) is 25.9 Å². The van der Waals surface area contributed by atoms with Gasteiger partial charge in [0.25, 0.3) is 0 Å². The van der Waals surface area contributed by atoms with Crippen molar-refractivity contribution in [2.45, 2.75) is 37.8 Å². The summed E-state index contributed by atoms with van der Waals surface area (Å²) in [5.74, 6) is 0.290. The minimum absolute atomic E-state index is 0.0559. The Balaban J connectivity index is 1.56. The molecule has 0 aliphatic carbocycles. The molecular formula is C25H32N2O3. The maximum absolute atomic E-state index is 12.5. The highest BCUT2D eigenvalue weighted by Gasteiger charge is 2.49. The van der Waals surface area contributed by atoms with Crippen molar-refractivity contribution in [1.29, 1.82) is 0 Å². The number of aryl methyl sites for hydroxylation is 1. The lowest BCUT2D eigenvalue weighted by Crippen LogP contribution is -2.68. The van der Waals surface area contributed by atoms with Crippen molar-refractivity contribution in [3.63, 3.8) is 0 Å². The third-order valence-corrected chi connectivity index (χ3v) is 6.64. The predicted octanol–water partition coefficient (Wildman–Crippen LogP) is 3.06. The molecule has 2 fully saturated rings. The second kappa shape index (κ2) is 9.29. The Labute approximate surface area is 179 Å². The van der Waals surface area contributed by atoms with Gasteiger partial charge in [-0.1, -0.05) is 54.1 Å². The molecule has 160 valence electrons. The highest BCUT2D eigenvalue weighted by Crippen LogP contribution is 2.42. The van der Waals surface area contributed by atoms with Gasteiger partial charge in [0.15, 0.2) is 0 Å². The van der Waals surface area contributed by atoms with E-state index in [1.165, 1.54) is 22.3 Å². The lowest BCUT2D eigenvalue weighted by Gasteiger charge is -2.57. The molecule has 2 heterocycles. The van der Waals surface area contributed by atoms with Gasteiger partial charge in [-0.2, -0.15) is 0 Å². The van der Waals surface area contributed by atoms with Gasteiger partial charge in [0, 0.05) is 38.2 Å². The average molecular weight is 409 g/mol. The highest BCUT2D eigenvalue weighted by atomic mass is 16.5. The van der Waals surface area contributed by atoms with Crippen LogP contribution in [0.2, 0.25) is 0 Å². The van der Waals surface area contributed by atoms with Crippen LogP contribution >= 0.6 is 0 Å². The molecule has 2 aliphatic rings. The first kappa shape index (κ1) is 21.0. The van der Waals surface area contributed by atoms with Crippen LogP contribution in [0.1, 0.15) is 29.9 Å². The van der Waals surface area contributed by atoms with E-state index < -0.39 is 0 Å². The summed E-state index contributed by atoms with van der Waals surface area (Å²) in [6, 6.07) is 17.6. The molecule has 0 saturated carbocycles. The number of benzene rings is 2. The van der Waals surface area contributed by atoms with Gasteiger partial charge >= 0.3 is 0 Å². The Morgan fingerprint density at radius 3 is 2.57 bits per heavy atom. The van der Waals surface area contributed by atoms with E-state index in [-0.39, 0.29) is 37.1 Å². The standard InChI is InChI=1S/C25H32N2O3/c1-18-6-5-7-21(14-18)19-8-10-20(11-9-19)25-22-15-26(24(29)17-30-2)12-3-4-13-27(22)23(25)16-28/h5-11,14,22-23,25,28H,3-4,12-13,15-17H2,1-2H3/t22-,23-,25+/m0/s1. The van der Waals surface area contributed by atoms with E-state index >= 15 is 0 Å². The largest absolute Gasteiger partial charge is 0.395 e. The van der Waals surface area contributed by atoms with Crippen molar-refractivity contribution in [3.05, 3.63) is 59.7 Å². The molecule has 0 spiro atoms. The fraction of sp³-hybridized carbons (Fsp3) is 0.480. The molecule has 0 bridgehead atoms. The quantitative estimate of drug-likeness (QED) is 0.826. The van der Waals surface area contributed by atoms with Gasteiger partial charge in [0.2, 0.25) is 5.91 Å². The number of methoxy groups -OCH3 is 1. The summed E-state index contributed by atoms with van der Waals surface area (Å²) in [6.07, 6.45) is 2.04. The summed E-state index contributed by atoms with van der Waals surface area (Å²) in [6.45, 7) is 4.86. The Morgan fingerprint density at radius 1 is 1.10 bits per heavy atom. The van der Waals surface area contributed by atoms with E-state index in [2.05, 4.69) is 60.4 Å². The number of hydrogen-bond donors (Lipinski definition) is 1. The van der Waals surface area contributed by atoms with Crippen LogP contribution in [0.3, 0.4) is 0 Å². The molecule has 2 aliphatic heterocycles. The summed E-state index contributed by atoms with van der Waals surface area (Å²) in [7, 11) is 1.57. The van der Waals surface area contributed by atoms with Crippen LogP contribution in [-0.2, 0) is 9.53 Å². The SMILES string of the molecule is COCC(=O)N1CCCCN2[C@@H](CO)[C@H](c3ccc(-c4cccc(C)c4)cc3)[C@@H]2C1. The fourth-order valence-electron chi connectivity index (χ4n) is 5.10. The van der Waals surface area contributed by atoms with Crippen molar-refractivity contribution in [1.82, 2.24) is 9.80 Å². The number of amides is 1. The zero-order valence-corrected chi connectivity index (χ0v) is 18.0. The van der Waals surface area contributed by atoms with Crippen LogP contribution in [-0.4, -0.2) is 72.9 Å². The topological polar surface area (TPSA) is 53.0 Å². The van der Waals surface area contributed by atoms with E-state index in [0.29, 0.717) is 6.54 Å². The predicted molar refractivity (Wildman–Crippen MR) is 118 cm³/mol. The Bertz CT molecular complexity index is 867. The summed E-state index contributed by atoms with van der Waals surface area (Å²) in [5, 5.41) is 10.1. The van der Waals surface area contributed by atoms with Gasteiger partial charge in [-0.15, -0.1) is 0 Å². The number of nitrogens with zero attached hydrogens (tertiary/aromatic N) is 2. The molecule has 1 N–H and O–H groups in total. The molecule has 2 aromatic carbocycles. The number of ether oxygens (including phenoxy) is 1. The zero-order chi connectivity index (χ0) is 21.1. The molecule has 1 amide bonds.